The molecule has 0 saturated carbocycles. The van der Waals surface area contributed by atoms with Crippen LogP contribution in [0.3, 0.4) is 0 Å². The summed E-state index contributed by atoms with van der Waals surface area (Å²) in [6.45, 7) is 6.54. The highest BCUT2D eigenvalue weighted by Gasteiger charge is 2.15. The highest BCUT2D eigenvalue weighted by Crippen LogP contribution is 2.30. The Bertz CT molecular complexity index is 838. The third-order valence-corrected chi connectivity index (χ3v) is 4.82. The van der Waals surface area contributed by atoms with Crippen LogP contribution in [-0.2, 0) is 11.2 Å². The number of nitrogens with one attached hydrogen (secondary N) is 2. The maximum atomic E-state index is 12.2. The molecule has 1 aliphatic heterocycles. The molecule has 140 valence electrons. The lowest BCUT2D eigenvalue weighted by atomic mass is 9.98. The van der Waals surface area contributed by atoms with Crippen molar-refractivity contribution in [2.45, 2.75) is 33.1 Å². The number of piperidine rings is 1. The van der Waals surface area contributed by atoms with E-state index in [4.69, 9.17) is 9.15 Å². The van der Waals surface area contributed by atoms with Gasteiger partial charge in [-0.3, -0.25) is 4.79 Å². The summed E-state index contributed by atoms with van der Waals surface area (Å²) in [5, 5.41) is 7.04. The van der Waals surface area contributed by atoms with Gasteiger partial charge in [-0.15, -0.1) is 0 Å². The lowest BCUT2D eigenvalue weighted by Crippen LogP contribution is -2.37. The number of ether oxygens (including phenoxy) is 1. The van der Waals surface area contributed by atoms with Gasteiger partial charge in [0, 0.05) is 12.6 Å². The van der Waals surface area contributed by atoms with Crippen LogP contribution in [0.1, 0.15) is 30.9 Å². The number of amides is 1. The molecule has 2 heterocycles. The van der Waals surface area contributed by atoms with E-state index >= 15 is 0 Å². The fourth-order valence-electron chi connectivity index (χ4n) is 3.40. The van der Waals surface area contributed by atoms with E-state index in [1.807, 2.05) is 26.0 Å². The zero-order valence-electron chi connectivity index (χ0n) is 15.4. The number of aryl methyl sites for hydroxylation is 2. The summed E-state index contributed by atoms with van der Waals surface area (Å²) in [6.07, 6.45) is 2.86. The monoisotopic (exact) mass is 358 g/mol. The van der Waals surface area contributed by atoms with E-state index in [-0.39, 0.29) is 18.1 Å². The molecule has 1 aromatic heterocycles. The molecule has 0 radical (unpaired) electrons. The van der Waals surface area contributed by atoms with Crippen molar-refractivity contribution < 1.29 is 13.9 Å². The molecule has 1 aromatic carbocycles. The van der Waals surface area contributed by atoms with Gasteiger partial charge in [0.1, 0.15) is 11.3 Å². The maximum absolute atomic E-state index is 12.2. The molecule has 0 atom stereocenters. The fourth-order valence-corrected chi connectivity index (χ4v) is 3.40. The average molecular weight is 358 g/mol. The van der Waals surface area contributed by atoms with Crippen molar-refractivity contribution in [3.8, 4) is 5.75 Å². The van der Waals surface area contributed by atoms with Crippen LogP contribution in [0.25, 0.3) is 11.0 Å². The number of fused-ring (bicyclic) bond motifs is 1. The van der Waals surface area contributed by atoms with Crippen LogP contribution in [0.2, 0.25) is 0 Å². The SMILES string of the molecule is CCc1cc(=O)oc2cc(C)cc(OCC(=O)NCC3CCNCC3)c12. The Kier molecular flexibility index (Phi) is 5.93. The highest BCUT2D eigenvalue weighted by atomic mass is 16.5. The van der Waals surface area contributed by atoms with E-state index in [1.165, 1.54) is 6.07 Å². The zero-order chi connectivity index (χ0) is 18.5. The minimum absolute atomic E-state index is 0.0498. The summed E-state index contributed by atoms with van der Waals surface area (Å²) in [6, 6.07) is 5.18. The van der Waals surface area contributed by atoms with Gasteiger partial charge < -0.3 is 19.8 Å². The summed E-state index contributed by atoms with van der Waals surface area (Å²) >= 11 is 0. The smallest absolute Gasteiger partial charge is 0.336 e. The first-order valence-electron chi connectivity index (χ1n) is 9.24. The molecule has 1 fully saturated rings. The van der Waals surface area contributed by atoms with Crippen molar-refractivity contribution in [1.82, 2.24) is 10.6 Å². The van der Waals surface area contributed by atoms with Crippen molar-refractivity contribution in [3.05, 3.63) is 39.7 Å². The molecule has 0 bridgehead atoms. The lowest BCUT2D eigenvalue weighted by molar-refractivity contribution is -0.123. The largest absolute Gasteiger partial charge is 0.483 e. The number of hydrogen-bond acceptors (Lipinski definition) is 5. The van der Waals surface area contributed by atoms with E-state index < -0.39 is 0 Å². The van der Waals surface area contributed by atoms with Crippen LogP contribution in [-0.4, -0.2) is 32.1 Å². The lowest BCUT2D eigenvalue weighted by Gasteiger charge is -2.22. The predicted molar refractivity (Wildman–Crippen MR) is 101 cm³/mol. The molecule has 6 heteroatoms. The number of benzene rings is 1. The summed E-state index contributed by atoms with van der Waals surface area (Å²) in [4.78, 5) is 23.9. The Balaban J connectivity index is 1.69. The first kappa shape index (κ1) is 18.5. The van der Waals surface area contributed by atoms with Gasteiger partial charge >= 0.3 is 5.63 Å². The quantitative estimate of drug-likeness (QED) is 0.774. The second-order valence-electron chi connectivity index (χ2n) is 6.87. The van der Waals surface area contributed by atoms with E-state index in [0.717, 1.165) is 42.4 Å². The molecule has 1 aliphatic rings. The molecule has 6 nitrogen and oxygen atoms in total. The first-order chi connectivity index (χ1) is 12.6. The standard InChI is InChI=1S/C20H26N2O4/c1-3-15-10-19(24)26-17-9-13(2)8-16(20(15)17)25-12-18(23)22-11-14-4-6-21-7-5-14/h8-10,14,21H,3-7,11-12H2,1-2H3,(H,22,23). The number of carbonyl (C=O) groups excluding carboxylic acids is 1. The minimum Gasteiger partial charge on any atom is -0.483 e. The van der Waals surface area contributed by atoms with Gasteiger partial charge in [0.15, 0.2) is 6.61 Å². The van der Waals surface area contributed by atoms with Crippen molar-refractivity contribution in [2.24, 2.45) is 5.92 Å². The fraction of sp³-hybridized carbons (Fsp3) is 0.500. The molecular formula is C20H26N2O4. The Hall–Kier alpha value is -2.34. The summed E-state index contributed by atoms with van der Waals surface area (Å²) < 4.78 is 11.1. The minimum atomic E-state index is -0.370. The van der Waals surface area contributed by atoms with Gasteiger partial charge in [0.2, 0.25) is 0 Å². The van der Waals surface area contributed by atoms with E-state index in [9.17, 15) is 9.59 Å². The van der Waals surface area contributed by atoms with Crippen molar-refractivity contribution in [2.75, 3.05) is 26.2 Å². The Morgan fingerprint density at radius 3 is 2.81 bits per heavy atom. The average Bonchev–Trinajstić information content (AvgIpc) is 2.64. The molecule has 2 N–H and O–H groups in total. The second kappa shape index (κ2) is 8.36. The maximum Gasteiger partial charge on any atom is 0.336 e. The Labute approximate surface area is 152 Å². The molecule has 2 aromatic rings. The third-order valence-electron chi connectivity index (χ3n) is 4.82. The van der Waals surface area contributed by atoms with Gasteiger partial charge in [-0.2, -0.15) is 0 Å². The number of hydrogen-bond donors (Lipinski definition) is 2. The zero-order valence-corrected chi connectivity index (χ0v) is 15.4. The van der Waals surface area contributed by atoms with Crippen LogP contribution >= 0.6 is 0 Å². The Morgan fingerprint density at radius 1 is 1.31 bits per heavy atom. The van der Waals surface area contributed by atoms with Gasteiger partial charge in [-0.1, -0.05) is 6.92 Å². The van der Waals surface area contributed by atoms with Crippen LogP contribution < -0.4 is 21.0 Å². The third kappa shape index (κ3) is 4.43. The van der Waals surface area contributed by atoms with Gasteiger partial charge in [-0.25, -0.2) is 4.79 Å². The molecular weight excluding hydrogens is 332 g/mol. The summed E-state index contributed by atoms with van der Waals surface area (Å²) in [7, 11) is 0. The summed E-state index contributed by atoms with van der Waals surface area (Å²) in [5.74, 6) is 0.979. The first-order valence-corrected chi connectivity index (χ1v) is 9.24. The molecule has 26 heavy (non-hydrogen) atoms. The van der Waals surface area contributed by atoms with Crippen molar-refractivity contribution in [1.29, 1.82) is 0 Å². The topological polar surface area (TPSA) is 80.6 Å². The van der Waals surface area contributed by atoms with E-state index in [2.05, 4.69) is 10.6 Å². The Morgan fingerprint density at radius 2 is 2.08 bits per heavy atom. The highest BCUT2D eigenvalue weighted by molar-refractivity contribution is 5.88. The van der Waals surface area contributed by atoms with Crippen LogP contribution in [0, 0.1) is 12.8 Å². The van der Waals surface area contributed by atoms with E-state index in [1.54, 1.807) is 0 Å². The molecule has 0 spiro atoms. The molecule has 3 rings (SSSR count). The normalized spacial score (nSPS) is 15.2. The number of rotatable bonds is 6. The molecule has 1 amide bonds. The van der Waals surface area contributed by atoms with Crippen LogP contribution in [0.5, 0.6) is 5.75 Å². The summed E-state index contributed by atoms with van der Waals surface area (Å²) in [5.41, 5.74) is 1.91. The second-order valence-corrected chi connectivity index (χ2v) is 6.87. The molecule has 1 saturated heterocycles. The number of carbonyl (C=O) groups is 1. The molecule has 0 aliphatic carbocycles. The van der Waals surface area contributed by atoms with Crippen LogP contribution in [0.15, 0.2) is 27.4 Å². The van der Waals surface area contributed by atoms with Crippen LogP contribution in [0.4, 0.5) is 0 Å². The van der Waals surface area contributed by atoms with Gasteiger partial charge in [0.05, 0.1) is 5.39 Å². The van der Waals surface area contributed by atoms with E-state index in [0.29, 0.717) is 30.2 Å². The van der Waals surface area contributed by atoms with Gasteiger partial charge in [-0.05, 0) is 68.5 Å². The molecule has 0 unspecified atom stereocenters. The van der Waals surface area contributed by atoms with Crippen molar-refractivity contribution in [3.63, 3.8) is 0 Å². The van der Waals surface area contributed by atoms with Crippen molar-refractivity contribution >= 4 is 16.9 Å². The predicted octanol–water partition coefficient (Wildman–Crippen LogP) is 2.16. The van der Waals surface area contributed by atoms with Gasteiger partial charge in [0.25, 0.3) is 5.91 Å².